The summed E-state index contributed by atoms with van der Waals surface area (Å²) < 4.78 is 0. The summed E-state index contributed by atoms with van der Waals surface area (Å²) in [6.45, 7) is 3.18. The van der Waals surface area contributed by atoms with Crippen LogP contribution < -0.4 is 0 Å². The largest absolute Gasteiger partial charge is 0.391 e. The van der Waals surface area contributed by atoms with Crippen molar-refractivity contribution in [1.82, 2.24) is 4.90 Å². The maximum absolute atomic E-state index is 9.32. The van der Waals surface area contributed by atoms with E-state index in [0.29, 0.717) is 6.04 Å². The highest BCUT2D eigenvalue weighted by Crippen LogP contribution is 2.17. The molecule has 2 unspecified atom stereocenters. The van der Waals surface area contributed by atoms with Crippen molar-refractivity contribution in [1.29, 1.82) is 0 Å². The first-order valence-corrected chi connectivity index (χ1v) is 3.64. The van der Waals surface area contributed by atoms with Crippen LogP contribution in [0, 0.1) is 0 Å². The van der Waals surface area contributed by atoms with Crippen LogP contribution in [0.5, 0.6) is 0 Å². The van der Waals surface area contributed by atoms with Crippen LogP contribution in [0.15, 0.2) is 0 Å². The molecule has 2 nitrogen and oxygen atoms in total. The van der Waals surface area contributed by atoms with Gasteiger partial charge in [0.2, 0.25) is 0 Å². The molecule has 0 radical (unpaired) electrons. The third-order valence-electron chi connectivity index (χ3n) is 2.21. The molecule has 1 saturated heterocycles. The van der Waals surface area contributed by atoms with Gasteiger partial charge in [0.15, 0.2) is 0 Å². The van der Waals surface area contributed by atoms with E-state index in [-0.39, 0.29) is 6.10 Å². The van der Waals surface area contributed by atoms with Crippen molar-refractivity contribution in [2.45, 2.75) is 31.9 Å². The quantitative estimate of drug-likeness (QED) is 0.556. The molecule has 9 heavy (non-hydrogen) atoms. The van der Waals surface area contributed by atoms with Crippen LogP contribution in [0.2, 0.25) is 0 Å². The van der Waals surface area contributed by atoms with E-state index < -0.39 is 0 Å². The van der Waals surface area contributed by atoms with Gasteiger partial charge in [-0.3, -0.25) is 0 Å². The van der Waals surface area contributed by atoms with Crippen LogP contribution in [-0.4, -0.2) is 35.7 Å². The van der Waals surface area contributed by atoms with E-state index in [1.807, 2.05) is 0 Å². The van der Waals surface area contributed by atoms with Crippen molar-refractivity contribution in [3.63, 3.8) is 0 Å². The van der Waals surface area contributed by atoms with Gasteiger partial charge >= 0.3 is 0 Å². The maximum Gasteiger partial charge on any atom is 0.0707 e. The number of likely N-dealkylation sites (N-methyl/N-ethyl adjacent to an activating group) is 1. The Kier molecular flexibility index (Phi) is 2.09. The Hall–Kier alpha value is -0.0800. The number of likely N-dealkylation sites (tertiary alicyclic amines) is 1. The van der Waals surface area contributed by atoms with E-state index in [1.165, 1.54) is 0 Å². The first kappa shape index (κ1) is 7.03. The molecule has 54 valence electrons. The highest BCUT2D eigenvalue weighted by molar-refractivity contribution is 4.83. The molecule has 0 spiro atoms. The van der Waals surface area contributed by atoms with Gasteiger partial charge in [-0.2, -0.15) is 0 Å². The van der Waals surface area contributed by atoms with Gasteiger partial charge in [-0.05, 0) is 19.9 Å². The summed E-state index contributed by atoms with van der Waals surface area (Å²) in [6, 6.07) is 0.421. The second-order valence-corrected chi connectivity index (χ2v) is 2.81. The van der Waals surface area contributed by atoms with Crippen LogP contribution in [0.1, 0.15) is 19.8 Å². The highest BCUT2D eigenvalue weighted by Gasteiger charge is 2.27. The fourth-order valence-electron chi connectivity index (χ4n) is 1.57. The van der Waals surface area contributed by atoms with Crippen LogP contribution in [0.3, 0.4) is 0 Å². The van der Waals surface area contributed by atoms with Gasteiger partial charge in [0.1, 0.15) is 0 Å². The summed E-state index contributed by atoms with van der Waals surface area (Å²) in [5, 5.41) is 9.32. The van der Waals surface area contributed by atoms with Gasteiger partial charge in [-0.25, -0.2) is 0 Å². The fraction of sp³-hybridized carbons (Fsp3) is 1.00. The Morgan fingerprint density at radius 1 is 1.67 bits per heavy atom. The predicted octanol–water partition coefficient (Wildman–Crippen LogP) is 0.461. The van der Waals surface area contributed by atoms with E-state index >= 15 is 0 Å². The van der Waals surface area contributed by atoms with Gasteiger partial charge < -0.3 is 10.0 Å². The first-order valence-electron chi connectivity index (χ1n) is 3.64. The molecule has 0 bridgehead atoms. The maximum atomic E-state index is 9.32. The van der Waals surface area contributed by atoms with Crippen molar-refractivity contribution in [2.24, 2.45) is 0 Å². The van der Waals surface area contributed by atoms with Crippen LogP contribution in [-0.2, 0) is 0 Å². The summed E-state index contributed by atoms with van der Waals surface area (Å²) in [6.07, 6.45) is 1.95. The molecule has 1 aliphatic rings. The van der Waals surface area contributed by atoms with Crippen molar-refractivity contribution in [3.05, 3.63) is 0 Å². The second kappa shape index (κ2) is 2.67. The van der Waals surface area contributed by atoms with Gasteiger partial charge in [0, 0.05) is 12.6 Å². The average molecular weight is 129 g/mol. The molecule has 2 heteroatoms. The predicted molar refractivity (Wildman–Crippen MR) is 37.3 cm³/mol. The Morgan fingerprint density at radius 2 is 2.33 bits per heavy atom. The minimum Gasteiger partial charge on any atom is -0.391 e. The molecule has 0 aromatic carbocycles. The molecule has 1 heterocycles. The summed E-state index contributed by atoms with van der Waals surface area (Å²) in [5.41, 5.74) is 0. The minimum absolute atomic E-state index is 0.0694. The molecule has 0 saturated carbocycles. The zero-order valence-corrected chi connectivity index (χ0v) is 6.17. The van der Waals surface area contributed by atoms with E-state index in [4.69, 9.17) is 0 Å². The Labute approximate surface area is 56.5 Å². The first-order chi connectivity index (χ1) is 4.25. The number of rotatable bonds is 1. The van der Waals surface area contributed by atoms with E-state index in [9.17, 15) is 5.11 Å². The zero-order valence-electron chi connectivity index (χ0n) is 6.17. The molecule has 1 fully saturated rings. The number of hydrogen-bond acceptors (Lipinski definition) is 2. The Balaban J connectivity index is 2.44. The average Bonchev–Trinajstić information content (AvgIpc) is 2.12. The SMILES string of the molecule is CCC1C(O)CCN1C. The topological polar surface area (TPSA) is 23.5 Å². The molecule has 2 atom stereocenters. The lowest BCUT2D eigenvalue weighted by Crippen LogP contribution is -2.31. The van der Waals surface area contributed by atoms with Crippen LogP contribution in [0.4, 0.5) is 0 Å². The number of aliphatic hydroxyl groups is 1. The van der Waals surface area contributed by atoms with Gasteiger partial charge in [-0.15, -0.1) is 0 Å². The molecular weight excluding hydrogens is 114 g/mol. The van der Waals surface area contributed by atoms with Crippen LogP contribution >= 0.6 is 0 Å². The summed E-state index contributed by atoms with van der Waals surface area (Å²) in [7, 11) is 2.07. The lowest BCUT2D eigenvalue weighted by molar-refractivity contribution is 0.124. The standard InChI is InChI=1S/C7H15NO/c1-3-6-7(9)4-5-8(6)2/h6-7,9H,3-5H2,1-2H3. The monoisotopic (exact) mass is 129 g/mol. The zero-order chi connectivity index (χ0) is 6.85. The van der Waals surface area contributed by atoms with Crippen molar-refractivity contribution >= 4 is 0 Å². The van der Waals surface area contributed by atoms with Crippen molar-refractivity contribution < 1.29 is 5.11 Å². The summed E-state index contributed by atoms with van der Waals surface area (Å²) in [4.78, 5) is 2.23. The second-order valence-electron chi connectivity index (χ2n) is 2.81. The molecule has 1 N–H and O–H groups in total. The molecule has 0 aromatic rings. The number of aliphatic hydroxyl groups excluding tert-OH is 1. The van der Waals surface area contributed by atoms with E-state index in [1.54, 1.807) is 0 Å². The summed E-state index contributed by atoms with van der Waals surface area (Å²) >= 11 is 0. The van der Waals surface area contributed by atoms with Gasteiger partial charge in [-0.1, -0.05) is 6.92 Å². The van der Waals surface area contributed by atoms with E-state index in [2.05, 4.69) is 18.9 Å². The molecular formula is C7H15NO. The highest BCUT2D eigenvalue weighted by atomic mass is 16.3. The molecule has 0 aromatic heterocycles. The van der Waals surface area contributed by atoms with Crippen molar-refractivity contribution in [2.75, 3.05) is 13.6 Å². The number of nitrogens with zero attached hydrogens (tertiary/aromatic N) is 1. The van der Waals surface area contributed by atoms with Crippen molar-refractivity contribution in [3.8, 4) is 0 Å². The van der Waals surface area contributed by atoms with Gasteiger partial charge in [0.05, 0.1) is 6.10 Å². The third-order valence-corrected chi connectivity index (χ3v) is 2.21. The Bertz CT molecular complexity index is 84.9. The molecule has 0 amide bonds. The van der Waals surface area contributed by atoms with Gasteiger partial charge in [0.25, 0.3) is 0 Å². The van der Waals surface area contributed by atoms with Crippen LogP contribution in [0.25, 0.3) is 0 Å². The fourth-order valence-corrected chi connectivity index (χ4v) is 1.57. The lowest BCUT2D eigenvalue weighted by Gasteiger charge is -2.19. The number of hydrogen-bond donors (Lipinski definition) is 1. The molecule has 1 aliphatic heterocycles. The normalized spacial score (nSPS) is 37.7. The Morgan fingerprint density at radius 3 is 2.56 bits per heavy atom. The lowest BCUT2D eigenvalue weighted by atomic mass is 10.1. The molecule has 1 rings (SSSR count). The smallest absolute Gasteiger partial charge is 0.0707 e. The van der Waals surface area contributed by atoms with E-state index in [0.717, 1.165) is 19.4 Å². The third kappa shape index (κ3) is 1.25. The molecule has 0 aliphatic carbocycles. The minimum atomic E-state index is -0.0694. The summed E-state index contributed by atoms with van der Waals surface area (Å²) in [5.74, 6) is 0.